The summed E-state index contributed by atoms with van der Waals surface area (Å²) in [6, 6.07) is 7.01. The third-order valence-electron chi connectivity index (χ3n) is 6.16. The fourth-order valence-corrected chi connectivity index (χ4v) is 4.38. The van der Waals surface area contributed by atoms with Crippen molar-refractivity contribution in [1.82, 2.24) is 15.1 Å². The first-order valence-corrected chi connectivity index (χ1v) is 10.3. The molecule has 0 bridgehead atoms. The second kappa shape index (κ2) is 7.97. The van der Waals surface area contributed by atoms with E-state index in [4.69, 9.17) is 10.5 Å². The summed E-state index contributed by atoms with van der Waals surface area (Å²) < 4.78 is 6.11. The van der Waals surface area contributed by atoms with Crippen LogP contribution in [0.5, 0.6) is 5.75 Å². The Hall–Kier alpha value is -3.10. The van der Waals surface area contributed by atoms with Crippen LogP contribution < -0.4 is 15.8 Å². The third-order valence-corrected chi connectivity index (χ3v) is 6.16. The average Bonchev–Trinajstić information content (AvgIpc) is 2.88. The molecular formula is C21H26N4O5. The minimum absolute atomic E-state index is 0.0507. The summed E-state index contributed by atoms with van der Waals surface area (Å²) in [5.41, 5.74) is 4.91. The molecule has 0 radical (unpaired) electrons. The zero-order valence-corrected chi connectivity index (χ0v) is 16.8. The number of likely N-dealkylation sites (tertiary alicyclic amines) is 2. The van der Waals surface area contributed by atoms with Crippen LogP contribution in [-0.2, 0) is 14.4 Å². The van der Waals surface area contributed by atoms with E-state index < -0.39 is 11.6 Å². The Labute approximate surface area is 174 Å². The van der Waals surface area contributed by atoms with Crippen molar-refractivity contribution in [1.29, 1.82) is 0 Å². The number of primary amides is 1. The molecule has 2 atom stereocenters. The van der Waals surface area contributed by atoms with E-state index in [1.807, 2.05) is 0 Å². The number of nitrogens with zero attached hydrogens (tertiary/aromatic N) is 2. The number of para-hydroxylation sites is 1. The number of rotatable bonds is 3. The van der Waals surface area contributed by atoms with Crippen molar-refractivity contribution in [3.8, 4) is 5.75 Å². The Balaban J connectivity index is 1.42. The highest BCUT2D eigenvalue weighted by molar-refractivity contribution is 5.98. The first-order chi connectivity index (χ1) is 14.4. The Kier molecular flexibility index (Phi) is 5.36. The number of benzene rings is 1. The van der Waals surface area contributed by atoms with Crippen molar-refractivity contribution >= 4 is 23.6 Å². The maximum absolute atomic E-state index is 12.8. The van der Waals surface area contributed by atoms with Crippen LogP contribution in [0.4, 0.5) is 0 Å². The molecule has 1 spiro atoms. The lowest BCUT2D eigenvalue weighted by Crippen LogP contribution is -2.56. The first-order valence-electron chi connectivity index (χ1n) is 10.3. The fourth-order valence-electron chi connectivity index (χ4n) is 4.38. The molecule has 1 aromatic rings. The second-order valence-corrected chi connectivity index (χ2v) is 8.19. The van der Waals surface area contributed by atoms with Crippen molar-refractivity contribution in [2.45, 2.75) is 37.8 Å². The molecule has 9 nitrogen and oxygen atoms in total. The fraction of sp³-hybridized carbons (Fsp3) is 0.524. The van der Waals surface area contributed by atoms with Crippen LogP contribution in [0.25, 0.3) is 0 Å². The molecule has 30 heavy (non-hydrogen) atoms. The van der Waals surface area contributed by atoms with Crippen LogP contribution in [-0.4, -0.2) is 65.3 Å². The van der Waals surface area contributed by atoms with Crippen LogP contribution in [0.1, 0.15) is 42.5 Å². The van der Waals surface area contributed by atoms with Gasteiger partial charge in [-0.25, -0.2) is 0 Å². The van der Waals surface area contributed by atoms with Crippen LogP contribution in [0.2, 0.25) is 0 Å². The van der Waals surface area contributed by atoms with Crippen LogP contribution >= 0.6 is 0 Å². The molecule has 4 amide bonds. The van der Waals surface area contributed by atoms with Crippen molar-refractivity contribution in [2.75, 3.05) is 26.2 Å². The summed E-state index contributed by atoms with van der Waals surface area (Å²) >= 11 is 0. The second-order valence-electron chi connectivity index (χ2n) is 8.19. The van der Waals surface area contributed by atoms with Gasteiger partial charge in [-0.05, 0) is 25.0 Å². The normalized spacial score (nSPS) is 26.5. The van der Waals surface area contributed by atoms with E-state index in [1.165, 1.54) is 4.90 Å². The largest absolute Gasteiger partial charge is 0.467 e. The number of ether oxygens (including phenoxy) is 1. The van der Waals surface area contributed by atoms with E-state index in [0.717, 1.165) is 6.42 Å². The molecule has 9 heteroatoms. The molecule has 2 unspecified atom stereocenters. The van der Waals surface area contributed by atoms with Gasteiger partial charge in [0.25, 0.3) is 5.91 Å². The highest BCUT2D eigenvalue weighted by Crippen LogP contribution is 2.33. The van der Waals surface area contributed by atoms with Gasteiger partial charge >= 0.3 is 0 Å². The number of nitrogens with two attached hydrogens (primary N) is 1. The lowest BCUT2D eigenvalue weighted by molar-refractivity contribution is -0.142. The number of amides is 4. The Morgan fingerprint density at radius 1 is 1.20 bits per heavy atom. The summed E-state index contributed by atoms with van der Waals surface area (Å²) in [5.74, 6) is -0.796. The van der Waals surface area contributed by atoms with Crippen molar-refractivity contribution in [3.05, 3.63) is 29.8 Å². The summed E-state index contributed by atoms with van der Waals surface area (Å²) in [5, 5.41) is 2.92. The van der Waals surface area contributed by atoms with Crippen LogP contribution in [0.3, 0.4) is 0 Å². The molecule has 160 valence electrons. The Morgan fingerprint density at radius 2 is 2.00 bits per heavy atom. The first kappa shape index (κ1) is 20.2. The van der Waals surface area contributed by atoms with Crippen molar-refractivity contribution in [2.24, 2.45) is 11.7 Å². The topological polar surface area (TPSA) is 122 Å². The van der Waals surface area contributed by atoms with Gasteiger partial charge in [0.1, 0.15) is 5.75 Å². The van der Waals surface area contributed by atoms with E-state index in [-0.39, 0.29) is 36.6 Å². The highest BCUT2D eigenvalue weighted by Gasteiger charge is 2.43. The van der Waals surface area contributed by atoms with Gasteiger partial charge < -0.3 is 25.6 Å². The third kappa shape index (κ3) is 3.96. The number of piperidine rings is 1. The van der Waals surface area contributed by atoms with Gasteiger partial charge in [-0.2, -0.15) is 0 Å². The predicted molar refractivity (Wildman–Crippen MR) is 106 cm³/mol. The van der Waals surface area contributed by atoms with E-state index in [0.29, 0.717) is 50.2 Å². The average molecular weight is 414 g/mol. The molecule has 0 saturated carbocycles. The summed E-state index contributed by atoms with van der Waals surface area (Å²) in [6.07, 6.45) is 2.29. The minimum atomic E-state index is -0.957. The molecule has 0 aromatic heterocycles. The summed E-state index contributed by atoms with van der Waals surface area (Å²) in [6.45, 7) is 1.10. The predicted octanol–water partition coefficient (Wildman–Crippen LogP) is 0.242. The number of nitrogens with one attached hydrogen (secondary N) is 1. The highest BCUT2D eigenvalue weighted by atomic mass is 16.5. The van der Waals surface area contributed by atoms with E-state index in [1.54, 1.807) is 29.2 Å². The van der Waals surface area contributed by atoms with E-state index in [2.05, 4.69) is 5.32 Å². The summed E-state index contributed by atoms with van der Waals surface area (Å²) in [7, 11) is 0. The molecule has 3 aliphatic heterocycles. The zero-order valence-electron chi connectivity index (χ0n) is 16.8. The molecule has 1 aromatic carbocycles. The SMILES string of the molecule is NC(=O)C1CCCN(C(=O)CN2CCC3(CCC2=O)NC(=O)c2ccccc2O3)C1. The van der Waals surface area contributed by atoms with Gasteiger partial charge in [0.15, 0.2) is 5.72 Å². The summed E-state index contributed by atoms with van der Waals surface area (Å²) in [4.78, 5) is 52.5. The molecule has 0 aliphatic carbocycles. The maximum atomic E-state index is 12.8. The van der Waals surface area contributed by atoms with E-state index >= 15 is 0 Å². The van der Waals surface area contributed by atoms with Crippen molar-refractivity contribution in [3.63, 3.8) is 0 Å². The Morgan fingerprint density at radius 3 is 2.80 bits per heavy atom. The lowest BCUT2D eigenvalue weighted by atomic mass is 9.97. The van der Waals surface area contributed by atoms with Crippen LogP contribution in [0, 0.1) is 5.92 Å². The van der Waals surface area contributed by atoms with Gasteiger partial charge in [-0.1, -0.05) is 12.1 Å². The van der Waals surface area contributed by atoms with Gasteiger partial charge in [0.2, 0.25) is 17.7 Å². The number of fused-ring (bicyclic) bond motifs is 1. The van der Waals surface area contributed by atoms with Gasteiger partial charge in [0.05, 0.1) is 18.0 Å². The molecule has 2 fully saturated rings. The molecule has 3 aliphatic rings. The quantitative estimate of drug-likeness (QED) is 0.734. The number of hydrogen-bond acceptors (Lipinski definition) is 5. The van der Waals surface area contributed by atoms with Gasteiger partial charge in [-0.15, -0.1) is 0 Å². The Bertz CT molecular complexity index is 888. The molecular weight excluding hydrogens is 388 g/mol. The molecule has 4 rings (SSSR count). The smallest absolute Gasteiger partial charge is 0.258 e. The molecule has 3 N–H and O–H groups in total. The van der Waals surface area contributed by atoms with E-state index in [9.17, 15) is 19.2 Å². The number of carbonyl (C=O) groups excluding carboxylic acids is 4. The molecule has 3 heterocycles. The van der Waals surface area contributed by atoms with Crippen molar-refractivity contribution < 1.29 is 23.9 Å². The van der Waals surface area contributed by atoms with Crippen LogP contribution in [0.15, 0.2) is 24.3 Å². The minimum Gasteiger partial charge on any atom is -0.467 e. The number of hydrogen-bond donors (Lipinski definition) is 2. The lowest BCUT2D eigenvalue weighted by Gasteiger charge is -2.38. The van der Waals surface area contributed by atoms with Gasteiger partial charge in [0, 0.05) is 38.9 Å². The monoisotopic (exact) mass is 414 g/mol. The standard InChI is InChI=1S/C21H26N4O5/c22-19(28)14-4-3-10-24(12-14)18(27)13-25-11-9-21(8-7-17(25)26)23-20(29)15-5-1-2-6-16(15)30-21/h1-2,5-6,14H,3-4,7-13H2,(H2,22,28)(H,23,29). The number of carbonyl (C=O) groups is 4. The maximum Gasteiger partial charge on any atom is 0.258 e. The molecule has 2 saturated heterocycles. The van der Waals surface area contributed by atoms with Gasteiger partial charge in [-0.3, -0.25) is 19.2 Å². The zero-order chi connectivity index (χ0) is 21.3.